The van der Waals surface area contributed by atoms with E-state index in [1.165, 1.54) is 30.3 Å². The lowest BCUT2D eigenvalue weighted by Gasteiger charge is -2.08. The summed E-state index contributed by atoms with van der Waals surface area (Å²) >= 11 is 11.6. The Kier molecular flexibility index (Phi) is 4.42. The number of benzene rings is 2. The molecule has 0 fully saturated rings. The van der Waals surface area contributed by atoms with Gasteiger partial charge in [0.2, 0.25) is 0 Å². The Hall–Kier alpha value is -1.85. The van der Waals surface area contributed by atoms with Gasteiger partial charge in [-0.3, -0.25) is 10.1 Å². The number of nitrogens with zero attached hydrogens (tertiary/aromatic N) is 1. The number of nitro groups is 1. The van der Waals surface area contributed by atoms with Crippen LogP contribution in [0.1, 0.15) is 5.56 Å². The minimum atomic E-state index is -0.545. The van der Waals surface area contributed by atoms with E-state index in [-0.39, 0.29) is 15.7 Å². The summed E-state index contributed by atoms with van der Waals surface area (Å²) in [6.45, 7) is 0.309. The van der Waals surface area contributed by atoms with Gasteiger partial charge in [0, 0.05) is 12.6 Å². The van der Waals surface area contributed by atoms with Crippen molar-refractivity contribution in [3.63, 3.8) is 0 Å². The molecular weight excluding hydrogens is 306 g/mol. The van der Waals surface area contributed by atoms with Crippen molar-refractivity contribution in [2.75, 3.05) is 5.32 Å². The first-order valence-corrected chi connectivity index (χ1v) is 6.34. The summed E-state index contributed by atoms with van der Waals surface area (Å²) in [7, 11) is 0. The standard InChI is InChI=1S/C13H9Cl2FN2O2/c14-10-3-1-8(5-13(10)18(19)20)7-17-12-4-2-9(16)6-11(12)15/h1-6,17H,7H2. The summed E-state index contributed by atoms with van der Waals surface area (Å²) in [6, 6.07) is 8.48. The SMILES string of the molecule is O=[N+]([O-])c1cc(CNc2ccc(F)cc2Cl)ccc1Cl. The predicted octanol–water partition coefficient (Wildman–Crippen LogP) is 4.65. The van der Waals surface area contributed by atoms with Gasteiger partial charge in [-0.25, -0.2) is 4.39 Å². The average Bonchev–Trinajstić information content (AvgIpc) is 2.39. The largest absolute Gasteiger partial charge is 0.380 e. The minimum Gasteiger partial charge on any atom is -0.380 e. The number of nitrogens with one attached hydrogen (secondary N) is 1. The molecule has 0 aromatic heterocycles. The molecule has 0 heterocycles. The lowest BCUT2D eigenvalue weighted by molar-refractivity contribution is -0.384. The third-order valence-corrected chi connectivity index (χ3v) is 3.25. The van der Waals surface area contributed by atoms with Gasteiger partial charge in [0.15, 0.2) is 0 Å². The van der Waals surface area contributed by atoms with E-state index in [1.807, 2.05) is 0 Å². The van der Waals surface area contributed by atoms with E-state index in [9.17, 15) is 14.5 Å². The molecule has 0 saturated heterocycles. The Labute approximate surface area is 124 Å². The molecule has 104 valence electrons. The van der Waals surface area contributed by atoms with Gasteiger partial charge in [-0.2, -0.15) is 0 Å². The first-order valence-electron chi connectivity index (χ1n) is 5.59. The van der Waals surface area contributed by atoms with Crippen LogP contribution in [0.15, 0.2) is 36.4 Å². The average molecular weight is 315 g/mol. The highest BCUT2D eigenvalue weighted by molar-refractivity contribution is 6.33. The molecule has 0 atom stereocenters. The molecule has 20 heavy (non-hydrogen) atoms. The predicted molar refractivity (Wildman–Crippen MR) is 76.8 cm³/mol. The second kappa shape index (κ2) is 6.07. The van der Waals surface area contributed by atoms with E-state index < -0.39 is 10.7 Å². The molecule has 0 amide bonds. The fourth-order valence-corrected chi connectivity index (χ4v) is 2.06. The zero-order valence-electron chi connectivity index (χ0n) is 10.1. The first kappa shape index (κ1) is 14.6. The van der Waals surface area contributed by atoms with Crippen LogP contribution in [0.5, 0.6) is 0 Å². The second-order valence-corrected chi connectivity index (χ2v) is 4.83. The van der Waals surface area contributed by atoms with Crippen molar-refractivity contribution in [2.24, 2.45) is 0 Å². The number of rotatable bonds is 4. The van der Waals surface area contributed by atoms with E-state index in [0.29, 0.717) is 17.8 Å². The molecule has 2 aromatic rings. The Morgan fingerprint density at radius 2 is 1.90 bits per heavy atom. The summed E-state index contributed by atoms with van der Waals surface area (Å²) < 4.78 is 12.9. The zero-order valence-corrected chi connectivity index (χ0v) is 11.6. The van der Waals surface area contributed by atoms with Crippen LogP contribution in [0, 0.1) is 15.9 Å². The molecule has 1 N–H and O–H groups in total. The van der Waals surface area contributed by atoms with Gasteiger partial charge < -0.3 is 5.32 Å². The molecule has 4 nitrogen and oxygen atoms in total. The fraction of sp³-hybridized carbons (Fsp3) is 0.0769. The molecule has 2 aromatic carbocycles. The molecule has 0 unspecified atom stereocenters. The molecule has 0 saturated carbocycles. The summed E-state index contributed by atoms with van der Waals surface area (Å²) in [5, 5.41) is 14.1. The van der Waals surface area contributed by atoms with Crippen molar-refractivity contribution in [1.82, 2.24) is 0 Å². The number of anilines is 1. The van der Waals surface area contributed by atoms with Crippen LogP contribution in [0.3, 0.4) is 0 Å². The molecule has 2 rings (SSSR count). The molecule has 0 aliphatic carbocycles. The quantitative estimate of drug-likeness (QED) is 0.660. The van der Waals surface area contributed by atoms with Crippen LogP contribution in [-0.2, 0) is 6.54 Å². The first-order chi connectivity index (χ1) is 9.47. The monoisotopic (exact) mass is 314 g/mol. The van der Waals surface area contributed by atoms with E-state index >= 15 is 0 Å². The van der Waals surface area contributed by atoms with Crippen molar-refractivity contribution < 1.29 is 9.31 Å². The minimum absolute atomic E-state index is 0.0820. The number of hydrogen-bond acceptors (Lipinski definition) is 3. The third-order valence-electron chi connectivity index (χ3n) is 2.62. The van der Waals surface area contributed by atoms with Crippen LogP contribution in [0.4, 0.5) is 15.8 Å². The van der Waals surface area contributed by atoms with Crippen molar-refractivity contribution in [2.45, 2.75) is 6.54 Å². The van der Waals surface area contributed by atoms with Crippen LogP contribution >= 0.6 is 23.2 Å². The van der Waals surface area contributed by atoms with Crippen LogP contribution < -0.4 is 5.32 Å². The smallest absolute Gasteiger partial charge is 0.288 e. The maximum Gasteiger partial charge on any atom is 0.288 e. The van der Waals surface area contributed by atoms with Gasteiger partial charge in [0.25, 0.3) is 5.69 Å². The zero-order chi connectivity index (χ0) is 14.7. The molecule has 7 heteroatoms. The summed E-state index contributed by atoms with van der Waals surface area (Å²) in [5.41, 5.74) is 1.06. The van der Waals surface area contributed by atoms with Gasteiger partial charge in [-0.05, 0) is 29.8 Å². The summed E-state index contributed by atoms with van der Waals surface area (Å²) in [5.74, 6) is -0.428. The summed E-state index contributed by atoms with van der Waals surface area (Å²) in [4.78, 5) is 10.2. The van der Waals surface area contributed by atoms with Crippen LogP contribution in [0.2, 0.25) is 10.0 Å². The van der Waals surface area contributed by atoms with E-state index in [2.05, 4.69) is 5.32 Å². The van der Waals surface area contributed by atoms with Gasteiger partial charge in [0.05, 0.1) is 15.6 Å². The van der Waals surface area contributed by atoms with Gasteiger partial charge in [-0.15, -0.1) is 0 Å². The van der Waals surface area contributed by atoms with Crippen molar-refractivity contribution >= 4 is 34.6 Å². The number of hydrogen-bond donors (Lipinski definition) is 1. The maximum atomic E-state index is 12.9. The second-order valence-electron chi connectivity index (χ2n) is 4.02. The van der Waals surface area contributed by atoms with Crippen molar-refractivity contribution in [1.29, 1.82) is 0 Å². The lowest BCUT2D eigenvalue weighted by Crippen LogP contribution is -2.01. The van der Waals surface area contributed by atoms with Gasteiger partial charge in [0.1, 0.15) is 10.8 Å². The van der Waals surface area contributed by atoms with Crippen LogP contribution in [-0.4, -0.2) is 4.92 Å². The fourth-order valence-electron chi connectivity index (χ4n) is 1.64. The number of nitro benzene ring substituents is 1. The number of halogens is 3. The molecule has 0 bridgehead atoms. The van der Waals surface area contributed by atoms with Gasteiger partial charge in [-0.1, -0.05) is 29.3 Å². The summed E-state index contributed by atoms with van der Waals surface area (Å²) in [6.07, 6.45) is 0. The van der Waals surface area contributed by atoms with Crippen LogP contribution in [0.25, 0.3) is 0 Å². The molecule has 0 radical (unpaired) electrons. The highest BCUT2D eigenvalue weighted by Crippen LogP contribution is 2.27. The highest BCUT2D eigenvalue weighted by atomic mass is 35.5. The molecular formula is C13H9Cl2FN2O2. The topological polar surface area (TPSA) is 55.2 Å². The van der Waals surface area contributed by atoms with E-state index in [1.54, 1.807) is 6.07 Å². The molecule has 0 aliphatic rings. The van der Waals surface area contributed by atoms with E-state index in [0.717, 1.165) is 0 Å². The third kappa shape index (κ3) is 3.37. The van der Waals surface area contributed by atoms with Gasteiger partial charge >= 0.3 is 0 Å². The Bertz CT molecular complexity index is 665. The molecule has 0 spiro atoms. The van der Waals surface area contributed by atoms with Crippen molar-refractivity contribution in [3.8, 4) is 0 Å². The Morgan fingerprint density at radius 3 is 2.55 bits per heavy atom. The Balaban J connectivity index is 2.15. The Morgan fingerprint density at radius 1 is 1.15 bits per heavy atom. The van der Waals surface area contributed by atoms with E-state index in [4.69, 9.17) is 23.2 Å². The maximum absolute atomic E-state index is 12.9. The molecule has 0 aliphatic heterocycles. The lowest BCUT2D eigenvalue weighted by atomic mass is 10.2. The highest BCUT2D eigenvalue weighted by Gasteiger charge is 2.12. The van der Waals surface area contributed by atoms with Crippen molar-refractivity contribution in [3.05, 3.63) is 67.9 Å². The normalized spacial score (nSPS) is 10.3.